The van der Waals surface area contributed by atoms with Crippen molar-refractivity contribution in [2.45, 2.75) is 0 Å². The first-order valence-corrected chi connectivity index (χ1v) is 4.61. The van der Waals surface area contributed by atoms with Crippen molar-refractivity contribution >= 4 is 15.0 Å². The molecular formula is C7H10N2Si. The zero-order chi connectivity index (χ0) is 7.23. The lowest BCUT2D eigenvalue weighted by Crippen LogP contribution is -2.01. The highest BCUT2D eigenvalue weighted by Gasteiger charge is 1.83. The second kappa shape index (κ2) is 3.95. The van der Waals surface area contributed by atoms with Crippen molar-refractivity contribution in [2.24, 2.45) is 0 Å². The standard InChI is InChI=1S/C7H10N2Si/c8-10-6-9-7-4-2-1-3-5-7/h1-5,8-10H,6H2. The third kappa shape index (κ3) is 2.11. The van der Waals surface area contributed by atoms with Gasteiger partial charge in [-0.15, -0.1) is 0 Å². The van der Waals surface area contributed by atoms with Crippen LogP contribution in [-0.4, -0.2) is 15.5 Å². The number of benzene rings is 1. The van der Waals surface area contributed by atoms with Gasteiger partial charge in [0.2, 0.25) is 0 Å². The molecule has 0 aliphatic rings. The molecule has 3 heteroatoms. The van der Waals surface area contributed by atoms with Crippen LogP contribution in [0.5, 0.6) is 0 Å². The van der Waals surface area contributed by atoms with Crippen LogP contribution in [0.1, 0.15) is 0 Å². The van der Waals surface area contributed by atoms with E-state index in [0.717, 1.165) is 11.9 Å². The Morgan fingerprint density at radius 2 is 2.00 bits per heavy atom. The predicted octanol–water partition coefficient (Wildman–Crippen LogP) is 1.25. The highest BCUT2D eigenvalue weighted by Crippen LogP contribution is 2.02. The van der Waals surface area contributed by atoms with Crippen molar-refractivity contribution in [1.29, 1.82) is 5.05 Å². The molecule has 0 saturated heterocycles. The minimum Gasteiger partial charge on any atom is -0.383 e. The maximum atomic E-state index is 6.97. The molecule has 0 fully saturated rings. The molecular weight excluding hydrogens is 140 g/mol. The van der Waals surface area contributed by atoms with Crippen LogP contribution in [-0.2, 0) is 0 Å². The summed E-state index contributed by atoms with van der Waals surface area (Å²) in [6.45, 7) is 0. The number of hydrogen-bond acceptors (Lipinski definition) is 2. The van der Waals surface area contributed by atoms with Gasteiger partial charge in [-0.1, -0.05) is 18.2 Å². The molecule has 0 unspecified atom stereocenters. The van der Waals surface area contributed by atoms with Crippen LogP contribution in [0, 0.1) is 5.05 Å². The third-order valence-electron chi connectivity index (χ3n) is 1.18. The first kappa shape index (κ1) is 7.15. The smallest absolute Gasteiger partial charge is 0.120 e. The van der Waals surface area contributed by atoms with Crippen molar-refractivity contribution in [3.05, 3.63) is 30.3 Å². The average molecular weight is 150 g/mol. The summed E-state index contributed by atoms with van der Waals surface area (Å²) in [5.74, 6) is 0. The Kier molecular flexibility index (Phi) is 2.82. The average Bonchev–Trinajstić information content (AvgIpc) is 2.03. The fraction of sp³-hybridized carbons (Fsp3) is 0.143. The zero-order valence-electron chi connectivity index (χ0n) is 5.67. The van der Waals surface area contributed by atoms with Gasteiger partial charge in [0.1, 0.15) is 9.31 Å². The highest BCUT2D eigenvalue weighted by molar-refractivity contribution is 6.20. The van der Waals surface area contributed by atoms with E-state index >= 15 is 0 Å². The second-order valence-electron chi connectivity index (χ2n) is 1.95. The minimum absolute atomic E-state index is 0.184. The molecule has 0 spiro atoms. The van der Waals surface area contributed by atoms with Crippen molar-refractivity contribution in [3.8, 4) is 0 Å². The van der Waals surface area contributed by atoms with Crippen LogP contribution in [0.3, 0.4) is 0 Å². The van der Waals surface area contributed by atoms with Crippen LogP contribution < -0.4 is 5.32 Å². The second-order valence-corrected chi connectivity index (χ2v) is 2.77. The fourth-order valence-electron chi connectivity index (χ4n) is 0.725. The first-order valence-electron chi connectivity index (χ1n) is 3.21. The van der Waals surface area contributed by atoms with Crippen LogP contribution in [0.4, 0.5) is 5.69 Å². The Balaban J connectivity index is 2.50. The zero-order valence-corrected chi connectivity index (χ0v) is 6.83. The van der Waals surface area contributed by atoms with E-state index in [4.69, 9.17) is 5.05 Å². The van der Waals surface area contributed by atoms with Gasteiger partial charge in [0.25, 0.3) is 0 Å². The van der Waals surface area contributed by atoms with Gasteiger partial charge >= 0.3 is 0 Å². The lowest BCUT2D eigenvalue weighted by Gasteiger charge is -1.99. The molecule has 0 saturated carbocycles. The topological polar surface area (TPSA) is 35.9 Å². The molecule has 0 bridgehead atoms. The van der Waals surface area contributed by atoms with E-state index in [2.05, 4.69) is 5.32 Å². The monoisotopic (exact) mass is 150 g/mol. The summed E-state index contributed by atoms with van der Waals surface area (Å²) in [6, 6.07) is 9.98. The number of anilines is 1. The molecule has 10 heavy (non-hydrogen) atoms. The number of nitrogens with one attached hydrogen (secondary N) is 2. The van der Waals surface area contributed by atoms with Gasteiger partial charge in [0.05, 0.1) is 0 Å². The Hall–Kier alpha value is -0.963. The molecule has 0 heterocycles. The summed E-state index contributed by atoms with van der Waals surface area (Å²) in [7, 11) is -0.184. The molecule has 0 radical (unpaired) electrons. The summed E-state index contributed by atoms with van der Waals surface area (Å²) in [5.41, 5.74) is 1.11. The van der Waals surface area contributed by atoms with Gasteiger partial charge < -0.3 is 10.4 Å². The highest BCUT2D eigenvalue weighted by atomic mass is 28.2. The van der Waals surface area contributed by atoms with Gasteiger partial charge in [0, 0.05) is 11.9 Å². The summed E-state index contributed by atoms with van der Waals surface area (Å²) in [6.07, 6.45) is 0.810. The SMILES string of the molecule is N=[SiH]CNc1ccccc1. The molecule has 2 nitrogen and oxygen atoms in total. The Labute approximate surface area is 62.6 Å². The van der Waals surface area contributed by atoms with E-state index in [-0.39, 0.29) is 9.31 Å². The predicted molar refractivity (Wildman–Crippen MR) is 44.8 cm³/mol. The summed E-state index contributed by atoms with van der Waals surface area (Å²) in [4.78, 5) is 0. The maximum Gasteiger partial charge on any atom is 0.120 e. The Morgan fingerprint density at radius 1 is 1.30 bits per heavy atom. The molecule has 0 amide bonds. The van der Waals surface area contributed by atoms with Crippen molar-refractivity contribution in [3.63, 3.8) is 0 Å². The maximum absolute atomic E-state index is 6.97. The molecule has 0 aliphatic heterocycles. The molecule has 0 aliphatic carbocycles. The summed E-state index contributed by atoms with van der Waals surface area (Å²) < 4.78 is 0. The van der Waals surface area contributed by atoms with Gasteiger partial charge in [-0.25, -0.2) is 0 Å². The molecule has 0 atom stereocenters. The van der Waals surface area contributed by atoms with E-state index in [9.17, 15) is 0 Å². The van der Waals surface area contributed by atoms with E-state index in [0.29, 0.717) is 0 Å². The third-order valence-corrected chi connectivity index (χ3v) is 1.59. The molecule has 0 aromatic heterocycles. The number of rotatable bonds is 3. The summed E-state index contributed by atoms with van der Waals surface area (Å²) >= 11 is 0. The van der Waals surface area contributed by atoms with Crippen molar-refractivity contribution in [1.82, 2.24) is 0 Å². The lowest BCUT2D eigenvalue weighted by atomic mass is 10.3. The van der Waals surface area contributed by atoms with Crippen molar-refractivity contribution in [2.75, 3.05) is 11.5 Å². The van der Waals surface area contributed by atoms with Gasteiger partial charge in [-0.05, 0) is 12.1 Å². The van der Waals surface area contributed by atoms with E-state index in [1.165, 1.54) is 0 Å². The van der Waals surface area contributed by atoms with E-state index in [1.54, 1.807) is 0 Å². The number of hydrogen-bond donors (Lipinski definition) is 2. The van der Waals surface area contributed by atoms with E-state index < -0.39 is 0 Å². The molecule has 1 aromatic rings. The van der Waals surface area contributed by atoms with Gasteiger partial charge in [-0.3, -0.25) is 0 Å². The van der Waals surface area contributed by atoms with Crippen LogP contribution in [0.2, 0.25) is 0 Å². The fourth-order valence-corrected chi connectivity index (χ4v) is 1.06. The molecule has 2 N–H and O–H groups in total. The largest absolute Gasteiger partial charge is 0.383 e. The van der Waals surface area contributed by atoms with Crippen molar-refractivity contribution < 1.29 is 0 Å². The minimum atomic E-state index is -0.184. The molecule has 1 rings (SSSR count). The Morgan fingerprint density at radius 3 is 2.60 bits per heavy atom. The molecule has 1 aromatic carbocycles. The quantitative estimate of drug-likeness (QED) is 0.625. The molecule has 52 valence electrons. The lowest BCUT2D eigenvalue weighted by molar-refractivity contribution is 1.41. The number of para-hydroxylation sites is 1. The van der Waals surface area contributed by atoms with Crippen LogP contribution in [0.15, 0.2) is 30.3 Å². The van der Waals surface area contributed by atoms with Crippen LogP contribution in [0.25, 0.3) is 0 Å². The normalized spacial score (nSPS) is 8.80. The van der Waals surface area contributed by atoms with E-state index in [1.807, 2.05) is 30.3 Å². The Bertz CT molecular complexity index is 198. The van der Waals surface area contributed by atoms with Gasteiger partial charge in [0.15, 0.2) is 0 Å². The van der Waals surface area contributed by atoms with Crippen LogP contribution >= 0.6 is 0 Å². The van der Waals surface area contributed by atoms with Gasteiger partial charge in [-0.2, -0.15) is 0 Å². The summed E-state index contributed by atoms with van der Waals surface area (Å²) in [5, 5.41) is 10.1. The first-order chi connectivity index (χ1) is 4.93.